The number of nitrogens with one attached hydrogen (secondary N) is 1. The third-order valence-corrected chi connectivity index (χ3v) is 2.22. The summed E-state index contributed by atoms with van der Waals surface area (Å²) < 4.78 is 0. The van der Waals surface area contributed by atoms with Gasteiger partial charge in [0.05, 0.1) is 0 Å². The van der Waals surface area contributed by atoms with Crippen LogP contribution in [0, 0.1) is 6.92 Å². The second-order valence-corrected chi connectivity index (χ2v) is 2.98. The normalized spacial score (nSPS) is 14.8. The average Bonchev–Trinajstić information content (AvgIpc) is 2.06. The van der Waals surface area contributed by atoms with Crippen LogP contribution < -0.4 is 5.32 Å². The van der Waals surface area contributed by atoms with E-state index in [4.69, 9.17) is 0 Å². The molecule has 1 aliphatic heterocycles. The Morgan fingerprint density at radius 1 is 1.50 bits per heavy atom. The van der Waals surface area contributed by atoms with E-state index in [2.05, 4.69) is 23.3 Å². The number of halogens is 1. The van der Waals surface area contributed by atoms with Crippen molar-refractivity contribution in [2.45, 2.75) is 19.9 Å². The molecule has 0 spiro atoms. The fourth-order valence-corrected chi connectivity index (χ4v) is 1.52. The Balaban J connectivity index is 0.000000720. The van der Waals surface area contributed by atoms with Gasteiger partial charge in [0.15, 0.2) is 0 Å². The van der Waals surface area contributed by atoms with Gasteiger partial charge >= 0.3 is 0 Å². The highest BCUT2D eigenvalue weighted by atomic mass is 35.5. The molecule has 0 saturated carbocycles. The lowest BCUT2D eigenvalue weighted by atomic mass is 10.0. The summed E-state index contributed by atoms with van der Waals surface area (Å²) in [7, 11) is 0. The minimum atomic E-state index is 0. The largest absolute Gasteiger partial charge is 0.312 e. The first-order valence-electron chi connectivity index (χ1n) is 4.02. The highest BCUT2D eigenvalue weighted by molar-refractivity contribution is 5.85. The van der Waals surface area contributed by atoms with E-state index in [9.17, 15) is 0 Å². The number of pyridine rings is 1. The van der Waals surface area contributed by atoms with Crippen LogP contribution in [0.1, 0.15) is 16.8 Å². The number of hydrogen-bond acceptors (Lipinski definition) is 2. The molecule has 66 valence electrons. The van der Waals surface area contributed by atoms with Crippen LogP contribution >= 0.6 is 12.4 Å². The lowest BCUT2D eigenvalue weighted by Gasteiger charge is -2.17. The summed E-state index contributed by atoms with van der Waals surface area (Å²) in [5.74, 6) is 0. The summed E-state index contributed by atoms with van der Waals surface area (Å²) in [5.41, 5.74) is 4.05. The standard InChI is InChI=1S/C9H12N2.ClH/c1-7-2-5-11-9-3-4-10-6-8(7)9;/h2,5,10H,3-4,6H2,1H3;1H. The van der Waals surface area contributed by atoms with Gasteiger partial charge in [0.25, 0.3) is 0 Å². The van der Waals surface area contributed by atoms with E-state index in [1.807, 2.05) is 6.20 Å². The SMILES string of the molecule is Cc1ccnc2c1CNCC2.Cl. The molecule has 12 heavy (non-hydrogen) atoms. The maximum absolute atomic E-state index is 4.34. The van der Waals surface area contributed by atoms with Crippen molar-refractivity contribution in [3.8, 4) is 0 Å². The molecule has 3 heteroatoms. The number of hydrogen-bond donors (Lipinski definition) is 1. The van der Waals surface area contributed by atoms with Gasteiger partial charge < -0.3 is 5.32 Å². The Morgan fingerprint density at radius 3 is 3.08 bits per heavy atom. The minimum Gasteiger partial charge on any atom is -0.312 e. The lowest BCUT2D eigenvalue weighted by Crippen LogP contribution is -2.25. The molecule has 0 bridgehead atoms. The zero-order valence-corrected chi connectivity index (χ0v) is 7.95. The molecule has 2 heterocycles. The van der Waals surface area contributed by atoms with Gasteiger partial charge in [-0.3, -0.25) is 4.98 Å². The molecule has 2 rings (SSSR count). The van der Waals surface area contributed by atoms with Gasteiger partial charge in [-0.1, -0.05) is 0 Å². The maximum atomic E-state index is 4.34. The van der Waals surface area contributed by atoms with Gasteiger partial charge in [-0.25, -0.2) is 0 Å². The van der Waals surface area contributed by atoms with E-state index in [0.717, 1.165) is 19.5 Å². The van der Waals surface area contributed by atoms with E-state index in [-0.39, 0.29) is 12.4 Å². The molecule has 2 nitrogen and oxygen atoms in total. The van der Waals surface area contributed by atoms with Crippen molar-refractivity contribution in [2.75, 3.05) is 6.54 Å². The summed E-state index contributed by atoms with van der Waals surface area (Å²) >= 11 is 0. The van der Waals surface area contributed by atoms with Crippen molar-refractivity contribution in [3.63, 3.8) is 0 Å². The molecule has 0 radical (unpaired) electrons. The van der Waals surface area contributed by atoms with Crippen LogP contribution in [0.2, 0.25) is 0 Å². The molecule has 1 N–H and O–H groups in total. The molecule has 0 aromatic carbocycles. The fourth-order valence-electron chi connectivity index (χ4n) is 1.52. The number of rotatable bonds is 0. The monoisotopic (exact) mass is 184 g/mol. The highest BCUT2D eigenvalue weighted by Gasteiger charge is 2.10. The third kappa shape index (κ3) is 1.59. The summed E-state index contributed by atoms with van der Waals surface area (Å²) in [6.07, 6.45) is 2.98. The smallest absolute Gasteiger partial charge is 0.0463 e. The van der Waals surface area contributed by atoms with E-state index >= 15 is 0 Å². The molecule has 0 unspecified atom stereocenters. The van der Waals surface area contributed by atoms with Crippen LogP contribution in [0.4, 0.5) is 0 Å². The van der Waals surface area contributed by atoms with Crippen LogP contribution in [-0.2, 0) is 13.0 Å². The molecular weight excluding hydrogens is 172 g/mol. The molecule has 0 fully saturated rings. The number of aromatic nitrogens is 1. The average molecular weight is 185 g/mol. The Hall–Kier alpha value is -0.600. The topological polar surface area (TPSA) is 24.9 Å². The van der Waals surface area contributed by atoms with Gasteiger partial charge in [-0.05, 0) is 24.1 Å². The van der Waals surface area contributed by atoms with Gasteiger partial charge in [-0.15, -0.1) is 12.4 Å². The first kappa shape index (κ1) is 9.49. The maximum Gasteiger partial charge on any atom is 0.0463 e. The van der Waals surface area contributed by atoms with Gasteiger partial charge in [0, 0.05) is 31.4 Å². The van der Waals surface area contributed by atoms with Crippen molar-refractivity contribution in [2.24, 2.45) is 0 Å². The highest BCUT2D eigenvalue weighted by Crippen LogP contribution is 2.14. The molecule has 1 aromatic rings. The fraction of sp³-hybridized carbons (Fsp3) is 0.444. The Morgan fingerprint density at radius 2 is 2.33 bits per heavy atom. The summed E-state index contributed by atoms with van der Waals surface area (Å²) in [5, 5.41) is 3.34. The summed E-state index contributed by atoms with van der Waals surface area (Å²) in [4.78, 5) is 4.34. The van der Waals surface area contributed by atoms with E-state index in [0.29, 0.717) is 0 Å². The quantitative estimate of drug-likeness (QED) is 0.661. The van der Waals surface area contributed by atoms with E-state index < -0.39 is 0 Å². The van der Waals surface area contributed by atoms with Gasteiger partial charge in [0.1, 0.15) is 0 Å². The van der Waals surface area contributed by atoms with E-state index in [1.54, 1.807) is 0 Å². The first-order chi connectivity index (χ1) is 5.38. The summed E-state index contributed by atoms with van der Waals surface area (Å²) in [6, 6.07) is 2.08. The zero-order valence-electron chi connectivity index (χ0n) is 7.13. The Labute approximate surface area is 78.8 Å². The van der Waals surface area contributed by atoms with Gasteiger partial charge in [0.2, 0.25) is 0 Å². The predicted molar refractivity (Wildman–Crippen MR) is 51.6 cm³/mol. The Bertz CT molecular complexity index is 273. The first-order valence-corrected chi connectivity index (χ1v) is 4.02. The third-order valence-electron chi connectivity index (χ3n) is 2.22. The van der Waals surface area contributed by atoms with Crippen LogP contribution in [0.15, 0.2) is 12.3 Å². The van der Waals surface area contributed by atoms with Crippen LogP contribution in [0.25, 0.3) is 0 Å². The lowest BCUT2D eigenvalue weighted by molar-refractivity contribution is 0.627. The van der Waals surface area contributed by atoms with Crippen molar-refractivity contribution < 1.29 is 0 Å². The van der Waals surface area contributed by atoms with Gasteiger partial charge in [-0.2, -0.15) is 0 Å². The number of aryl methyl sites for hydroxylation is 1. The number of nitrogens with zero attached hydrogens (tertiary/aromatic N) is 1. The number of fused-ring (bicyclic) bond motifs is 1. The second-order valence-electron chi connectivity index (χ2n) is 2.98. The molecule has 0 amide bonds. The second kappa shape index (κ2) is 3.87. The van der Waals surface area contributed by atoms with Crippen molar-refractivity contribution in [1.82, 2.24) is 10.3 Å². The van der Waals surface area contributed by atoms with Crippen molar-refractivity contribution >= 4 is 12.4 Å². The minimum absolute atomic E-state index is 0. The zero-order chi connectivity index (χ0) is 7.68. The van der Waals surface area contributed by atoms with Crippen LogP contribution in [0.5, 0.6) is 0 Å². The van der Waals surface area contributed by atoms with E-state index in [1.165, 1.54) is 16.8 Å². The summed E-state index contributed by atoms with van der Waals surface area (Å²) in [6.45, 7) is 4.21. The molecule has 0 saturated heterocycles. The van der Waals surface area contributed by atoms with Crippen molar-refractivity contribution in [3.05, 3.63) is 29.1 Å². The van der Waals surface area contributed by atoms with Crippen molar-refractivity contribution in [1.29, 1.82) is 0 Å². The van der Waals surface area contributed by atoms with Crippen LogP contribution in [-0.4, -0.2) is 11.5 Å². The molecular formula is C9H13ClN2. The molecule has 1 aliphatic rings. The molecule has 0 atom stereocenters. The molecule has 1 aromatic heterocycles. The van der Waals surface area contributed by atoms with Crippen LogP contribution in [0.3, 0.4) is 0 Å². The Kier molecular flexibility index (Phi) is 3.06. The predicted octanol–water partition coefficient (Wildman–Crippen LogP) is 1.46. The molecule has 0 aliphatic carbocycles.